The summed E-state index contributed by atoms with van der Waals surface area (Å²) in [5, 5.41) is 0. The predicted molar refractivity (Wildman–Crippen MR) is 68.4 cm³/mol. The molecule has 2 heteroatoms. The van der Waals surface area contributed by atoms with Crippen molar-refractivity contribution in [2.24, 2.45) is 5.92 Å². The molecule has 1 atom stereocenters. The number of ether oxygens (including phenoxy) is 1. The van der Waals surface area contributed by atoms with Crippen molar-refractivity contribution >= 4 is 5.97 Å². The van der Waals surface area contributed by atoms with E-state index in [1.165, 1.54) is 12.8 Å². The highest BCUT2D eigenvalue weighted by Gasteiger charge is 2.22. The van der Waals surface area contributed by atoms with Gasteiger partial charge in [0.15, 0.2) is 0 Å². The van der Waals surface area contributed by atoms with Gasteiger partial charge in [-0.1, -0.05) is 33.6 Å². The second-order valence-electron chi connectivity index (χ2n) is 5.39. The molecular formula is C14H28O2. The topological polar surface area (TPSA) is 26.3 Å². The van der Waals surface area contributed by atoms with Crippen LogP contribution in [0.4, 0.5) is 0 Å². The number of rotatable bonds is 8. The molecule has 0 spiro atoms. The van der Waals surface area contributed by atoms with Gasteiger partial charge in [0, 0.05) is 6.42 Å². The lowest BCUT2D eigenvalue weighted by atomic mass is 9.95. The van der Waals surface area contributed by atoms with Gasteiger partial charge in [-0.15, -0.1) is 0 Å². The largest absolute Gasteiger partial charge is 0.460 e. The van der Waals surface area contributed by atoms with Crippen LogP contribution in [-0.4, -0.2) is 11.6 Å². The SMILES string of the molecule is CCCC(=O)OC(C)(C)CCCC(C)CC. The summed E-state index contributed by atoms with van der Waals surface area (Å²) < 4.78 is 5.45. The Balaban J connectivity index is 3.81. The average molecular weight is 228 g/mol. The van der Waals surface area contributed by atoms with E-state index in [1.807, 2.05) is 20.8 Å². The van der Waals surface area contributed by atoms with Crippen LogP contribution in [-0.2, 0) is 9.53 Å². The second-order valence-corrected chi connectivity index (χ2v) is 5.39. The minimum absolute atomic E-state index is 0.0592. The number of carbonyl (C=O) groups is 1. The molecule has 0 aromatic carbocycles. The third-order valence-electron chi connectivity index (χ3n) is 3.02. The number of hydrogen-bond acceptors (Lipinski definition) is 2. The van der Waals surface area contributed by atoms with Gasteiger partial charge < -0.3 is 4.74 Å². The molecule has 0 aromatic rings. The highest BCUT2D eigenvalue weighted by Crippen LogP contribution is 2.21. The van der Waals surface area contributed by atoms with Crippen LogP contribution in [0.25, 0.3) is 0 Å². The molecule has 0 bridgehead atoms. The molecule has 0 aliphatic carbocycles. The van der Waals surface area contributed by atoms with E-state index >= 15 is 0 Å². The van der Waals surface area contributed by atoms with E-state index in [9.17, 15) is 4.79 Å². The summed E-state index contributed by atoms with van der Waals surface area (Å²) in [6.45, 7) is 10.5. The van der Waals surface area contributed by atoms with Crippen molar-refractivity contribution in [1.29, 1.82) is 0 Å². The molecule has 0 N–H and O–H groups in total. The molecule has 0 radical (unpaired) electrons. The van der Waals surface area contributed by atoms with Gasteiger partial charge in [-0.25, -0.2) is 0 Å². The fourth-order valence-corrected chi connectivity index (χ4v) is 1.69. The smallest absolute Gasteiger partial charge is 0.306 e. The highest BCUT2D eigenvalue weighted by molar-refractivity contribution is 5.69. The van der Waals surface area contributed by atoms with Gasteiger partial charge in [0.2, 0.25) is 0 Å². The van der Waals surface area contributed by atoms with Crippen LogP contribution in [0.5, 0.6) is 0 Å². The molecule has 2 nitrogen and oxygen atoms in total. The lowest BCUT2D eigenvalue weighted by molar-refractivity contribution is -0.157. The van der Waals surface area contributed by atoms with E-state index in [0.29, 0.717) is 6.42 Å². The summed E-state index contributed by atoms with van der Waals surface area (Å²) in [7, 11) is 0. The van der Waals surface area contributed by atoms with Crippen molar-refractivity contribution in [1.82, 2.24) is 0 Å². The van der Waals surface area contributed by atoms with Crippen LogP contribution in [0.15, 0.2) is 0 Å². The summed E-state index contributed by atoms with van der Waals surface area (Å²) in [6.07, 6.45) is 5.96. The standard InChI is InChI=1S/C14H28O2/c1-6-9-13(15)16-14(4,5)11-8-10-12(3)7-2/h12H,6-11H2,1-5H3. The molecule has 0 aliphatic rings. The zero-order valence-electron chi connectivity index (χ0n) is 11.6. The number of carbonyl (C=O) groups excluding carboxylic acids is 1. The van der Waals surface area contributed by atoms with Crippen molar-refractivity contribution in [3.8, 4) is 0 Å². The Morgan fingerprint density at radius 1 is 1.31 bits per heavy atom. The molecular weight excluding hydrogens is 200 g/mol. The van der Waals surface area contributed by atoms with Gasteiger partial charge >= 0.3 is 5.97 Å². The molecule has 0 aromatic heterocycles. The van der Waals surface area contributed by atoms with E-state index in [0.717, 1.165) is 25.2 Å². The van der Waals surface area contributed by atoms with Crippen LogP contribution < -0.4 is 0 Å². The lowest BCUT2D eigenvalue weighted by Gasteiger charge is -2.25. The Morgan fingerprint density at radius 3 is 2.44 bits per heavy atom. The molecule has 0 amide bonds. The molecule has 0 heterocycles. The summed E-state index contributed by atoms with van der Waals surface area (Å²) >= 11 is 0. The Hall–Kier alpha value is -0.530. The molecule has 0 saturated heterocycles. The van der Waals surface area contributed by atoms with Gasteiger partial charge in [-0.3, -0.25) is 4.79 Å². The molecule has 0 rings (SSSR count). The van der Waals surface area contributed by atoms with Crippen LogP contribution in [0, 0.1) is 5.92 Å². The normalized spacial score (nSPS) is 13.6. The third-order valence-corrected chi connectivity index (χ3v) is 3.02. The molecule has 1 unspecified atom stereocenters. The monoisotopic (exact) mass is 228 g/mol. The van der Waals surface area contributed by atoms with Gasteiger partial charge in [0.05, 0.1) is 0 Å². The van der Waals surface area contributed by atoms with E-state index in [1.54, 1.807) is 0 Å². The second kappa shape index (κ2) is 7.70. The van der Waals surface area contributed by atoms with Crippen LogP contribution in [0.1, 0.15) is 73.1 Å². The van der Waals surface area contributed by atoms with Gasteiger partial charge in [-0.2, -0.15) is 0 Å². The summed E-state index contributed by atoms with van der Waals surface area (Å²) in [5.74, 6) is 0.721. The van der Waals surface area contributed by atoms with Crippen molar-refractivity contribution in [3.05, 3.63) is 0 Å². The number of hydrogen-bond donors (Lipinski definition) is 0. The Labute approximate surface area is 101 Å². The van der Waals surface area contributed by atoms with Gasteiger partial charge in [0.25, 0.3) is 0 Å². The zero-order valence-corrected chi connectivity index (χ0v) is 11.6. The number of esters is 1. The minimum atomic E-state index is -0.292. The summed E-state index contributed by atoms with van der Waals surface area (Å²) in [4.78, 5) is 11.4. The zero-order chi connectivity index (χ0) is 12.6. The van der Waals surface area contributed by atoms with E-state index in [2.05, 4.69) is 13.8 Å². The predicted octanol–water partition coefficient (Wildman–Crippen LogP) is 4.32. The minimum Gasteiger partial charge on any atom is -0.460 e. The highest BCUT2D eigenvalue weighted by atomic mass is 16.6. The first-order chi connectivity index (χ1) is 7.41. The van der Waals surface area contributed by atoms with Crippen molar-refractivity contribution in [2.75, 3.05) is 0 Å². The maximum atomic E-state index is 11.4. The van der Waals surface area contributed by atoms with E-state index < -0.39 is 0 Å². The Morgan fingerprint density at radius 2 is 1.94 bits per heavy atom. The lowest BCUT2D eigenvalue weighted by Crippen LogP contribution is -2.28. The third kappa shape index (κ3) is 7.72. The Kier molecular flexibility index (Phi) is 7.44. The molecule has 0 saturated carbocycles. The maximum Gasteiger partial charge on any atom is 0.306 e. The molecule has 0 aliphatic heterocycles. The van der Waals surface area contributed by atoms with Crippen molar-refractivity contribution in [3.63, 3.8) is 0 Å². The average Bonchev–Trinajstić information content (AvgIpc) is 2.16. The Bertz CT molecular complexity index is 197. The van der Waals surface area contributed by atoms with E-state index in [-0.39, 0.29) is 11.6 Å². The van der Waals surface area contributed by atoms with Crippen molar-refractivity contribution in [2.45, 2.75) is 78.7 Å². The van der Waals surface area contributed by atoms with Crippen LogP contribution in [0.2, 0.25) is 0 Å². The first kappa shape index (κ1) is 15.5. The quantitative estimate of drug-likeness (QED) is 0.578. The molecule has 0 fully saturated rings. The summed E-state index contributed by atoms with van der Waals surface area (Å²) in [6, 6.07) is 0. The van der Waals surface area contributed by atoms with Gasteiger partial charge in [-0.05, 0) is 39.0 Å². The van der Waals surface area contributed by atoms with Crippen LogP contribution in [0.3, 0.4) is 0 Å². The fraction of sp³-hybridized carbons (Fsp3) is 0.929. The van der Waals surface area contributed by atoms with Crippen molar-refractivity contribution < 1.29 is 9.53 Å². The van der Waals surface area contributed by atoms with E-state index in [4.69, 9.17) is 4.74 Å². The fourth-order valence-electron chi connectivity index (χ4n) is 1.69. The van der Waals surface area contributed by atoms with Crippen LogP contribution >= 0.6 is 0 Å². The van der Waals surface area contributed by atoms with Gasteiger partial charge in [0.1, 0.15) is 5.60 Å². The molecule has 16 heavy (non-hydrogen) atoms. The first-order valence-corrected chi connectivity index (χ1v) is 6.63. The molecule has 96 valence electrons. The first-order valence-electron chi connectivity index (χ1n) is 6.63. The summed E-state index contributed by atoms with van der Waals surface area (Å²) in [5.41, 5.74) is -0.292. The maximum absolute atomic E-state index is 11.4.